The number of methoxy groups -OCH3 is 1. The van der Waals surface area contributed by atoms with Gasteiger partial charge in [0.15, 0.2) is 0 Å². The first-order valence-corrected chi connectivity index (χ1v) is 7.92. The minimum absolute atomic E-state index is 0.0332. The van der Waals surface area contributed by atoms with E-state index in [9.17, 15) is 0 Å². The van der Waals surface area contributed by atoms with Crippen molar-refractivity contribution in [1.29, 1.82) is 0 Å². The minimum atomic E-state index is 0.0332. The van der Waals surface area contributed by atoms with Gasteiger partial charge < -0.3 is 10.1 Å². The third-order valence-corrected chi connectivity index (χ3v) is 4.93. The second kappa shape index (κ2) is 6.73. The molecule has 1 saturated carbocycles. The molecule has 0 heterocycles. The first-order chi connectivity index (χ1) is 9.61. The van der Waals surface area contributed by atoms with Crippen molar-refractivity contribution in [3.63, 3.8) is 0 Å². The molecular formula is C18H29NO. The van der Waals surface area contributed by atoms with Crippen LogP contribution in [-0.2, 0) is 11.2 Å². The van der Waals surface area contributed by atoms with Gasteiger partial charge in [-0.05, 0) is 43.4 Å². The molecule has 2 rings (SSSR count). The normalized spacial score (nSPS) is 19.4. The van der Waals surface area contributed by atoms with Gasteiger partial charge in [-0.2, -0.15) is 0 Å². The number of likely N-dealkylation sites (N-methyl/N-ethyl adjacent to an activating group) is 1. The number of hydrogen-bond acceptors (Lipinski definition) is 2. The lowest BCUT2D eigenvalue weighted by molar-refractivity contribution is -0.0336. The van der Waals surface area contributed by atoms with Gasteiger partial charge in [0.1, 0.15) is 0 Å². The Morgan fingerprint density at radius 3 is 2.20 bits per heavy atom. The second-order valence-corrected chi connectivity index (χ2v) is 6.42. The summed E-state index contributed by atoms with van der Waals surface area (Å²) in [5.41, 5.74) is 2.85. The monoisotopic (exact) mass is 275 g/mol. The summed E-state index contributed by atoms with van der Waals surface area (Å²) >= 11 is 0. The van der Waals surface area contributed by atoms with Crippen LogP contribution in [-0.4, -0.2) is 25.8 Å². The van der Waals surface area contributed by atoms with E-state index in [-0.39, 0.29) is 5.60 Å². The van der Waals surface area contributed by atoms with Gasteiger partial charge in [0, 0.05) is 13.2 Å². The fraction of sp³-hybridized carbons (Fsp3) is 0.667. The van der Waals surface area contributed by atoms with Crippen LogP contribution in [0.15, 0.2) is 24.3 Å². The van der Waals surface area contributed by atoms with Crippen molar-refractivity contribution < 1.29 is 4.74 Å². The van der Waals surface area contributed by atoms with Gasteiger partial charge in [0.25, 0.3) is 0 Å². The van der Waals surface area contributed by atoms with Crippen LogP contribution in [0.5, 0.6) is 0 Å². The van der Waals surface area contributed by atoms with E-state index in [1.54, 1.807) is 0 Å². The van der Waals surface area contributed by atoms with E-state index in [0.717, 1.165) is 6.42 Å². The molecule has 1 N–H and O–H groups in total. The number of ether oxygens (including phenoxy) is 1. The molecule has 0 aliphatic heterocycles. The van der Waals surface area contributed by atoms with E-state index >= 15 is 0 Å². The highest BCUT2D eigenvalue weighted by molar-refractivity contribution is 5.26. The molecule has 1 aliphatic rings. The van der Waals surface area contributed by atoms with Crippen LogP contribution in [0.25, 0.3) is 0 Å². The van der Waals surface area contributed by atoms with E-state index in [1.807, 2.05) is 7.11 Å². The summed E-state index contributed by atoms with van der Waals surface area (Å²) in [5.74, 6) is 0.601. The molecule has 2 heteroatoms. The number of hydrogen-bond donors (Lipinski definition) is 1. The topological polar surface area (TPSA) is 21.3 Å². The van der Waals surface area contributed by atoms with Crippen LogP contribution in [0.3, 0.4) is 0 Å². The van der Waals surface area contributed by atoms with Gasteiger partial charge in [-0.1, -0.05) is 51.0 Å². The molecule has 1 atom stereocenters. The van der Waals surface area contributed by atoms with Crippen molar-refractivity contribution in [2.24, 2.45) is 0 Å². The van der Waals surface area contributed by atoms with Crippen molar-refractivity contribution >= 4 is 0 Å². The lowest BCUT2D eigenvalue weighted by Gasteiger charge is -2.36. The maximum atomic E-state index is 5.92. The Kier molecular flexibility index (Phi) is 5.22. The molecule has 20 heavy (non-hydrogen) atoms. The Bertz CT molecular complexity index is 404. The van der Waals surface area contributed by atoms with E-state index < -0.39 is 0 Å². The SMILES string of the molecule is CNC(Cc1ccc(C(C)C)cc1)C1(OC)CCCC1. The zero-order chi connectivity index (χ0) is 14.6. The predicted octanol–water partition coefficient (Wildman–Crippen LogP) is 3.90. The second-order valence-electron chi connectivity index (χ2n) is 6.42. The van der Waals surface area contributed by atoms with Crippen LogP contribution >= 0.6 is 0 Å². The summed E-state index contributed by atoms with van der Waals surface area (Å²) in [4.78, 5) is 0. The highest BCUT2D eigenvalue weighted by Crippen LogP contribution is 2.36. The lowest BCUT2D eigenvalue weighted by Crippen LogP contribution is -2.50. The molecule has 1 unspecified atom stereocenters. The quantitative estimate of drug-likeness (QED) is 0.850. The van der Waals surface area contributed by atoms with Crippen molar-refractivity contribution in [1.82, 2.24) is 5.32 Å². The Balaban J connectivity index is 2.09. The average molecular weight is 275 g/mol. The molecule has 2 nitrogen and oxygen atoms in total. The first kappa shape index (κ1) is 15.5. The number of nitrogens with one attached hydrogen (secondary N) is 1. The molecule has 0 aromatic heterocycles. The van der Waals surface area contributed by atoms with Crippen LogP contribution in [0.2, 0.25) is 0 Å². The Morgan fingerprint density at radius 1 is 1.15 bits per heavy atom. The highest BCUT2D eigenvalue weighted by atomic mass is 16.5. The van der Waals surface area contributed by atoms with E-state index in [0.29, 0.717) is 12.0 Å². The van der Waals surface area contributed by atoms with Crippen LogP contribution < -0.4 is 5.32 Å². The molecule has 0 saturated heterocycles. The molecule has 0 radical (unpaired) electrons. The summed E-state index contributed by atoms with van der Waals surface area (Å²) in [7, 11) is 3.93. The van der Waals surface area contributed by atoms with Gasteiger partial charge in [-0.15, -0.1) is 0 Å². The van der Waals surface area contributed by atoms with E-state index in [4.69, 9.17) is 4.74 Å². The summed E-state index contributed by atoms with van der Waals surface area (Å²) < 4.78 is 5.92. The van der Waals surface area contributed by atoms with Crippen LogP contribution in [0.1, 0.15) is 56.6 Å². The van der Waals surface area contributed by atoms with Crippen molar-refractivity contribution in [3.05, 3.63) is 35.4 Å². The third-order valence-electron chi connectivity index (χ3n) is 4.93. The number of benzene rings is 1. The van der Waals surface area contributed by atoms with Crippen molar-refractivity contribution in [2.75, 3.05) is 14.2 Å². The molecule has 1 fully saturated rings. The molecule has 1 aromatic rings. The molecule has 0 spiro atoms. The largest absolute Gasteiger partial charge is 0.377 e. The molecule has 1 aromatic carbocycles. The third kappa shape index (κ3) is 3.24. The summed E-state index contributed by atoms with van der Waals surface area (Å²) in [6, 6.07) is 9.48. The van der Waals surface area contributed by atoms with Gasteiger partial charge in [0.2, 0.25) is 0 Å². The van der Waals surface area contributed by atoms with Crippen LogP contribution in [0.4, 0.5) is 0 Å². The van der Waals surface area contributed by atoms with E-state index in [2.05, 4.69) is 50.5 Å². The average Bonchev–Trinajstić information content (AvgIpc) is 2.95. The van der Waals surface area contributed by atoms with Crippen molar-refractivity contribution in [2.45, 2.75) is 63.5 Å². The van der Waals surface area contributed by atoms with Gasteiger partial charge >= 0.3 is 0 Å². The minimum Gasteiger partial charge on any atom is -0.377 e. The van der Waals surface area contributed by atoms with Gasteiger partial charge in [0.05, 0.1) is 5.60 Å². The first-order valence-electron chi connectivity index (χ1n) is 7.92. The molecule has 112 valence electrons. The fourth-order valence-corrected chi connectivity index (χ4v) is 3.49. The molecular weight excluding hydrogens is 246 g/mol. The standard InChI is InChI=1S/C18H29NO/c1-14(2)16-9-7-15(8-10-16)13-17(19-3)18(20-4)11-5-6-12-18/h7-10,14,17,19H,5-6,11-13H2,1-4H3. The predicted molar refractivity (Wildman–Crippen MR) is 85.3 cm³/mol. The van der Waals surface area contributed by atoms with Gasteiger partial charge in [-0.3, -0.25) is 0 Å². The summed E-state index contributed by atoms with van der Waals surface area (Å²) in [5, 5.41) is 3.50. The number of rotatable bonds is 6. The van der Waals surface area contributed by atoms with Crippen LogP contribution in [0, 0.1) is 0 Å². The Hall–Kier alpha value is -0.860. The maximum Gasteiger partial charge on any atom is 0.0834 e. The van der Waals surface area contributed by atoms with Gasteiger partial charge in [-0.25, -0.2) is 0 Å². The zero-order valence-electron chi connectivity index (χ0n) is 13.4. The summed E-state index contributed by atoms with van der Waals surface area (Å²) in [6.45, 7) is 4.48. The Morgan fingerprint density at radius 2 is 1.75 bits per heavy atom. The summed E-state index contributed by atoms with van der Waals surface area (Å²) in [6.07, 6.45) is 5.98. The highest BCUT2D eigenvalue weighted by Gasteiger charge is 2.40. The Labute approximate surface area is 123 Å². The van der Waals surface area contributed by atoms with Crippen molar-refractivity contribution in [3.8, 4) is 0 Å². The lowest BCUT2D eigenvalue weighted by atomic mass is 9.87. The molecule has 0 bridgehead atoms. The zero-order valence-corrected chi connectivity index (χ0v) is 13.4. The fourth-order valence-electron chi connectivity index (χ4n) is 3.49. The van der Waals surface area contributed by atoms with E-state index in [1.165, 1.54) is 36.8 Å². The smallest absolute Gasteiger partial charge is 0.0834 e. The molecule has 1 aliphatic carbocycles. The maximum absolute atomic E-state index is 5.92. The molecule has 0 amide bonds.